The molecule has 0 saturated heterocycles. The molecule has 0 aliphatic rings. The molecule has 0 aliphatic carbocycles. The summed E-state index contributed by atoms with van der Waals surface area (Å²) in [7, 11) is 0. The zero-order valence-corrected chi connectivity index (χ0v) is 12.3. The predicted octanol–water partition coefficient (Wildman–Crippen LogP) is 3.70. The molecule has 0 saturated carbocycles. The highest BCUT2D eigenvalue weighted by atomic mass is 32.1. The van der Waals surface area contributed by atoms with Crippen molar-refractivity contribution in [3.8, 4) is 5.19 Å². The first kappa shape index (κ1) is 13.6. The van der Waals surface area contributed by atoms with Gasteiger partial charge in [-0.25, -0.2) is 4.98 Å². The quantitative estimate of drug-likeness (QED) is 0.799. The third-order valence-electron chi connectivity index (χ3n) is 2.96. The number of rotatable bonds is 4. The van der Waals surface area contributed by atoms with Crippen molar-refractivity contribution >= 4 is 33.1 Å². The lowest BCUT2D eigenvalue weighted by molar-refractivity contribution is -0.122. The molecule has 1 atom stereocenters. The van der Waals surface area contributed by atoms with E-state index in [2.05, 4.69) is 10.3 Å². The van der Waals surface area contributed by atoms with Crippen LogP contribution >= 0.6 is 11.3 Å². The maximum absolute atomic E-state index is 12.1. The standard InChI is InChI=1S/C16H14N2O2S/c1-11(15(19)17-12-7-3-2-4-8-12)20-16-18-13-9-5-6-10-14(13)21-16/h2-11H,1H3,(H,17,19). The lowest BCUT2D eigenvalue weighted by Crippen LogP contribution is -2.30. The highest BCUT2D eigenvalue weighted by Gasteiger charge is 2.16. The Balaban J connectivity index is 1.67. The van der Waals surface area contributed by atoms with Gasteiger partial charge in [0.15, 0.2) is 6.10 Å². The fourth-order valence-electron chi connectivity index (χ4n) is 1.87. The number of nitrogens with zero attached hydrogens (tertiary/aromatic N) is 1. The van der Waals surface area contributed by atoms with Crippen molar-refractivity contribution < 1.29 is 9.53 Å². The number of hydrogen-bond acceptors (Lipinski definition) is 4. The van der Waals surface area contributed by atoms with Crippen molar-refractivity contribution in [2.24, 2.45) is 0 Å². The Hall–Kier alpha value is -2.40. The summed E-state index contributed by atoms with van der Waals surface area (Å²) in [6.45, 7) is 1.71. The number of carbonyl (C=O) groups is 1. The van der Waals surface area contributed by atoms with Crippen LogP contribution in [0.4, 0.5) is 5.69 Å². The second-order valence-corrected chi connectivity index (χ2v) is 5.56. The first-order valence-corrected chi connectivity index (χ1v) is 7.42. The van der Waals surface area contributed by atoms with Gasteiger partial charge < -0.3 is 10.1 Å². The van der Waals surface area contributed by atoms with Crippen molar-refractivity contribution in [3.05, 3.63) is 54.6 Å². The Labute approximate surface area is 126 Å². The molecule has 0 aliphatic heterocycles. The van der Waals surface area contributed by atoms with Crippen LogP contribution in [-0.4, -0.2) is 17.0 Å². The first-order chi connectivity index (χ1) is 10.2. The van der Waals surface area contributed by atoms with E-state index in [9.17, 15) is 4.79 Å². The average molecular weight is 298 g/mol. The Bertz CT molecular complexity index is 722. The van der Waals surface area contributed by atoms with Crippen LogP contribution in [0.1, 0.15) is 6.92 Å². The number of aromatic nitrogens is 1. The molecule has 1 N–H and O–H groups in total. The van der Waals surface area contributed by atoms with E-state index >= 15 is 0 Å². The van der Waals surface area contributed by atoms with Crippen LogP contribution in [0.25, 0.3) is 10.2 Å². The summed E-state index contributed by atoms with van der Waals surface area (Å²) in [5.74, 6) is -0.194. The average Bonchev–Trinajstić information content (AvgIpc) is 2.90. The molecule has 1 heterocycles. The molecule has 0 radical (unpaired) electrons. The van der Waals surface area contributed by atoms with Crippen molar-refractivity contribution in [2.45, 2.75) is 13.0 Å². The number of nitrogens with one attached hydrogen (secondary N) is 1. The molecule has 0 bridgehead atoms. The zero-order valence-electron chi connectivity index (χ0n) is 11.4. The summed E-state index contributed by atoms with van der Waals surface area (Å²) in [6, 6.07) is 17.1. The van der Waals surface area contributed by atoms with E-state index in [0.29, 0.717) is 5.19 Å². The zero-order chi connectivity index (χ0) is 14.7. The normalized spacial score (nSPS) is 12.0. The molecular formula is C16H14N2O2S. The van der Waals surface area contributed by atoms with E-state index in [1.165, 1.54) is 11.3 Å². The van der Waals surface area contributed by atoms with E-state index in [-0.39, 0.29) is 5.91 Å². The minimum atomic E-state index is -0.606. The number of thiazole rings is 1. The van der Waals surface area contributed by atoms with Gasteiger partial charge in [-0.05, 0) is 31.2 Å². The van der Waals surface area contributed by atoms with Crippen molar-refractivity contribution in [3.63, 3.8) is 0 Å². The summed E-state index contributed by atoms with van der Waals surface area (Å²) in [5.41, 5.74) is 1.63. The van der Waals surface area contributed by atoms with Crippen LogP contribution < -0.4 is 10.1 Å². The van der Waals surface area contributed by atoms with Gasteiger partial charge in [0.2, 0.25) is 0 Å². The van der Waals surface area contributed by atoms with Crippen molar-refractivity contribution in [1.82, 2.24) is 4.98 Å². The topological polar surface area (TPSA) is 51.2 Å². The van der Waals surface area contributed by atoms with Crippen LogP contribution in [0.2, 0.25) is 0 Å². The lowest BCUT2D eigenvalue weighted by Gasteiger charge is -2.12. The molecule has 0 fully saturated rings. The molecule has 3 rings (SSSR count). The lowest BCUT2D eigenvalue weighted by atomic mass is 10.3. The van der Waals surface area contributed by atoms with Gasteiger partial charge in [0.1, 0.15) is 0 Å². The summed E-state index contributed by atoms with van der Waals surface area (Å²) >= 11 is 1.44. The van der Waals surface area contributed by atoms with Crippen LogP contribution in [0.5, 0.6) is 5.19 Å². The van der Waals surface area contributed by atoms with Crippen LogP contribution in [0.15, 0.2) is 54.6 Å². The van der Waals surface area contributed by atoms with E-state index in [1.54, 1.807) is 6.92 Å². The molecule has 1 aromatic heterocycles. The Kier molecular flexibility index (Phi) is 3.83. The molecule has 21 heavy (non-hydrogen) atoms. The maximum atomic E-state index is 12.1. The number of para-hydroxylation sites is 2. The first-order valence-electron chi connectivity index (χ1n) is 6.60. The Morgan fingerprint density at radius 2 is 1.86 bits per heavy atom. The summed E-state index contributed by atoms with van der Waals surface area (Å²) in [5, 5.41) is 3.32. The SMILES string of the molecule is CC(Oc1nc2ccccc2s1)C(=O)Nc1ccccc1. The third-order valence-corrected chi connectivity index (χ3v) is 3.89. The molecule has 1 unspecified atom stereocenters. The Morgan fingerprint density at radius 1 is 1.14 bits per heavy atom. The number of carbonyl (C=O) groups excluding carboxylic acids is 1. The fraction of sp³-hybridized carbons (Fsp3) is 0.125. The molecule has 0 spiro atoms. The number of ether oxygens (including phenoxy) is 1. The maximum Gasteiger partial charge on any atom is 0.275 e. The largest absolute Gasteiger partial charge is 0.457 e. The molecule has 1 amide bonds. The number of benzene rings is 2. The van der Waals surface area contributed by atoms with E-state index in [4.69, 9.17) is 4.74 Å². The molecule has 3 aromatic rings. The van der Waals surface area contributed by atoms with Crippen molar-refractivity contribution in [1.29, 1.82) is 0 Å². The molecular weight excluding hydrogens is 284 g/mol. The van der Waals surface area contributed by atoms with Gasteiger partial charge >= 0.3 is 0 Å². The highest BCUT2D eigenvalue weighted by Crippen LogP contribution is 2.28. The second kappa shape index (κ2) is 5.93. The number of anilines is 1. The second-order valence-electron chi connectivity index (χ2n) is 4.56. The number of hydrogen-bond donors (Lipinski definition) is 1. The summed E-state index contributed by atoms with van der Waals surface area (Å²) < 4.78 is 6.67. The van der Waals surface area contributed by atoms with E-state index in [0.717, 1.165) is 15.9 Å². The number of fused-ring (bicyclic) bond motifs is 1. The summed E-state index contributed by atoms with van der Waals surface area (Å²) in [6.07, 6.45) is -0.606. The third kappa shape index (κ3) is 3.20. The van der Waals surface area contributed by atoms with Gasteiger partial charge in [-0.15, -0.1) is 0 Å². The molecule has 4 nitrogen and oxygen atoms in total. The molecule has 5 heteroatoms. The van der Waals surface area contributed by atoms with Gasteiger partial charge in [-0.1, -0.05) is 41.7 Å². The number of amides is 1. The van der Waals surface area contributed by atoms with Crippen molar-refractivity contribution in [2.75, 3.05) is 5.32 Å². The molecule has 2 aromatic carbocycles. The van der Waals surface area contributed by atoms with E-state index in [1.807, 2.05) is 54.6 Å². The van der Waals surface area contributed by atoms with Gasteiger partial charge in [0, 0.05) is 5.69 Å². The van der Waals surface area contributed by atoms with Crippen LogP contribution in [0, 0.1) is 0 Å². The summed E-state index contributed by atoms with van der Waals surface area (Å²) in [4.78, 5) is 16.4. The van der Waals surface area contributed by atoms with Crippen LogP contribution in [0.3, 0.4) is 0 Å². The van der Waals surface area contributed by atoms with Gasteiger partial charge in [-0.2, -0.15) is 0 Å². The van der Waals surface area contributed by atoms with E-state index < -0.39 is 6.10 Å². The van der Waals surface area contributed by atoms with Gasteiger partial charge in [-0.3, -0.25) is 4.79 Å². The van der Waals surface area contributed by atoms with Gasteiger partial charge in [0.05, 0.1) is 10.2 Å². The minimum Gasteiger partial charge on any atom is -0.457 e. The van der Waals surface area contributed by atoms with Crippen LogP contribution in [-0.2, 0) is 4.79 Å². The monoisotopic (exact) mass is 298 g/mol. The predicted molar refractivity (Wildman–Crippen MR) is 84.8 cm³/mol. The van der Waals surface area contributed by atoms with Gasteiger partial charge in [0.25, 0.3) is 11.1 Å². The highest BCUT2D eigenvalue weighted by molar-refractivity contribution is 7.20. The molecule has 106 valence electrons. The fourth-order valence-corrected chi connectivity index (χ4v) is 2.76. The smallest absolute Gasteiger partial charge is 0.275 e. The Morgan fingerprint density at radius 3 is 2.62 bits per heavy atom. The minimum absolute atomic E-state index is 0.194.